The molecule has 1 aliphatic rings. The van der Waals surface area contributed by atoms with Gasteiger partial charge >= 0.3 is 5.97 Å². The Kier molecular flexibility index (Phi) is 6.97. The van der Waals surface area contributed by atoms with Crippen LogP contribution < -0.4 is 9.47 Å². The first-order valence-electron chi connectivity index (χ1n) is 10.5. The Hall–Kier alpha value is -2.63. The van der Waals surface area contributed by atoms with Crippen LogP contribution in [-0.2, 0) is 9.53 Å². The summed E-state index contributed by atoms with van der Waals surface area (Å²) in [5.74, 6) is 1.14. The van der Waals surface area contributed by atoms with Crippen molar-refractivity contribution in [2.75, 3.05) is 20.8 Å². The molecule has 0 amide bonds. The topological polar surface area (TPSA) is 44.8 Å². The quantitative estimate of drug-likeness (QED) is 0.370. The van der Waals surface area contributed by atoms with Crippen molar-refractivity contribution in [2.45, 2.75) is 23.8 Å². The van der Waals surface area contributed by atoms with E-state index < -0.39 is 0 Å². The number of halogens is 1. The number of rotatable bonds is 6. The number of hydrogen-bond acceptors (Lipinski definition) is 5. The maximum atomic E-state index is 12.5. The predicted octanol–water partition coefficient (Wildman–Crippen LogP) is 6.85. The largest absolute Gasteiger partial charge is 0.493 e. The summed E-state index contributed by atoms with van der Waals surface area (Å²) in [4.78, 5) is 12.5. The van der Waals surface area contributed by atoms with Crippen molar-refractivity contribution in [3.05, 3.63) is 82.4 Å². The normalized spacial score (nSPS) is 17.0. The fourth-order valence-corrected chi connectivity index (χ4v) is 5.99. The van der Waals surface area contributed by atoms with Gasteiger partial charge in [0.05, 0.1) is 32.5 Å². The number of fused-ring (bicyclic) bond motifs is 3. The smallest absolute Gasteiger partial charge is 0.307 e. The average Bonchev–Trinajstić information content (AvgIpc) is 2.93. The number of carbonyl (C=O) groups is 1. The Morgan fingerprint density at radius 1 is 0.938 bits per heavy atom. The van der Waals surface area contributed by atoms with Crippen molar-refractivity contribution < 1.29 is 19.0 Å². The van der Waals surface area contributed by atoms with Crippen molar-refractivity contribution in [3.63, 3.8) is 0 Å². The lowest BCUT2D eigenvalue weighted by Gasteiger charge is -2.24. The maximum absolute atomic E-state index is 12.5. The van der Waals surface area contributed by atoms with Gasteiger partial charge in [-0.2, -0.15) is 0 Å². The second-order valence-electron chi connectivity index (χ2n) is 7.42. The van der Waals surface area contributed by atoms with Crippen LogP contribution in [0.25, 0.3) is 11.1 Å². The summed E-state index contributed by atoms with van der Waals surface area (Å²) in [5, 5.41) is 0.440. The number of thioether (sulfide) groups is 1. The zero-order chi connectivity index (χ0) is 22.7. The van der Waals surface area contributed by atoms with Crippen LogP contribution in [0.5, 0.6) is 11.5 Å². The molecule has 4 nitrogen and oxygen atoms in total. The first-order valence-corrected chi connectivity index (χ1v) is 11.8. The maximum Gasteiger partial charge on any atom is 0.307 e. The van der Waals surface area contributed by atoms with E-state index in [4.69, 9.17) is 25.8 Å². The summed E-state index contributed by atoms with van der Waals surface area (Å²) < 4.78 is 16.6. The molecule has 1 aliphatic heterocycles. The van der Waals surface area contributed by atoms with Gasteiger partial charge in [0, 0.05) is 15.8 Å². The third-order valence-corrected chi connectivity index (χ3v) is 7.33. The monoisotopic (exact) mass is 468 g/mol. The summed E-state index contributed by atoms with van der Waals surface area (Å²) in [5.41, 5.74) is 5.36. The average molecular weight is 469 g/mol. The van der Waals surface area contributed by atoms with E-state index in [1.807, 2.05) is 49.4 Å². The van der Waals surface area contributed by atoms with Gasteiger partial charge in [0.2, 0.25) is 0 Å². The summed E-state index contributed by atoms with van der Waals surface area (Å²) in [7, 11) is 3.28. The molecule has 3 aromatic carbocycles. The first-order chi connectivity index (χ1) is 15.6. The summed E-state index contributed by atoms with van der Waals surface area (Å²) in [6.45, 7) is 2.19. The molecule has 1 heterocycles. The molecule has 0 fully saturated rings. The molecule has 0 saturated carbocycles. The molecule has 0 N–H and O–H groups in total. The zero-order valence-electron chi connectivity index (χ0n) is 18.3. The Labute approximate surface area is 197 Å². The van der Waals surface area contributed by atoms with E-state index in [1.165, 1.54) is 0 Å². The molecule has 32 heavy (non-hydrogen) atoms. The molecule has 166 valence electrons. The Morgan fingerprint density at radius 2 is 1.69 bits per heavy atom. The minimum absolute atomic E-state index is 0.0997. The molecule has 3 aromatic rings. The van der Waals surface area contributed by atoms with Gasteiger partial charge in [-0.05, 0) is 47.4 Å². The summed E-state index contributed by atoms with van der Waals surface area (Å²) >= 11 is 8.17. The van der Waals surface area contributed by atoms with E-state index in [2.05, 4.69) is 18.2 Å². The third kappa shape index (κ3) is 4.32. The van der Waals surface area contributed by atoms with Crippen LogP contribution in [0.2, 0.25) is 5.02 Å². The van der Waals surface area contributed by atoms with Gasteiger partial charge in [0.1, 0.15) is 0 Å². The highest BCUT2D eigenvalue weighted by Gasteiger charge is 2.33. The molecule has 0 spiro atoms. The van der Waals surface area contributed by atoms with E-state index in [9.17, 15) is 4.79 Å². The van der Waals surface area contributed by atoms with Crippen molar-refractivity contribution in [1.29, 1.82) is 0 Å². The van der Waals surface area contributed by atoms with Crippen molar-refractivity contribution in [2.24, 2.45) is 0 Å². The van der Waals surface area contributed by atoms with Crippen molar-refractivity contribution in [3.8, 4) is 22.6 Å². The second kappa shape index (κ2) is 9.88. The van der Waals surface area contributed by atoms with E-state index >= 15 is 0 Å². The Bertz CT molecular complexity index is 1130. The van der Waals surface area contributed by atoms with Gasteiger partial charge in [-0.15, -0.1) is 11.8 Å². The van der Waals surface area contributed by atoms with Gasteiger partial charge in [0.25, 0.3) is 0 Å². The molecule has 0 saturated heterocycles. The molecule has 0 aromatic heterocycles. The third-order valence-electron chi connectivity index (χ3n) is 5.57. The van der Waals surface area contributed by atoms with Crippen LogP contribution in [-0.4, -0.2) is 26.8 Å². The van der Waals surface area contributed by atoms with Gasteiger partial charge < -0.3 is 14.2 Å². The lowest BCUT2D eigenvalue weighted by atomic mass is 9.90. The zero-order valence-corrected chi connectivity index (χ0v) is 19.8. The van der Waals surface area contributed by atoms with Crippen LogP contribution in [0.15, 0.2) is 60.7 Å². The van der Waals surface area contributed by atoms with Gasteiger partial charge in [-0.3, -0.25) is 4.79 Å². The molecule has 0 radical (unpaired) electrons. The fourth-order valence-electron chi connectivity index (χ4n) is 4.22. The molecule has 0 bridgehead atoms. The first kappa shape index (κ1) is 22.6. The summed E-state index contributed by atoms with van der Waals surface area (Å²) in [6.07, 6.45) is 0.278. The second-order valence-corrected chi connectivity index (χ2v) is 9.16. The lowest BCUT2D eigenvalue weighted by Crippen LogP contribution is -2.10. The van der Waals surface area contributed by atoms with Crippen LogP contribution >= 0.6 is 23.4 Å². The molecule has 4 rings (SSSR count). The Morgan fingerprint density at radius 3 is 2.44 bits per heavy atom. The number of hydrogen-bond donors (Lipinski definition) is 0. The van der Waals surface area contributed by atoms with E-state index in [0.29, 0.717) is 23.1 Å². The summed E-state index contributed by atoms with van der Waals surface area (Å²) in [6, 6.07) is 20.1. The molecule has 2 atom stereocenters. The number of para-hydroxylation sites is 1. The van der Waals surface area contributed by atoms with Crippen LogP contribution in [0, 0.1) is 0 Å². The molecule has 0 aliphatic carbocycles. The number of carbonyl (C=O) groups excluding carboxylic acids is 1. The predicted molar refractivity (Wildman–Crippen MR) is 130 cm³/mol. The minimum atomic E-state index is -0.208. The molecule has 6 heteroatoms. The molecular formula is C26H25ClO4S. The van der Waals surface area contributed by atoms with Gasteiger partial charge in [0.15, 0.2) is 11.5 Å². The van der Waals surface area contributed by atoms with E-state index in [-0.39, 0.29) is 22.9 Å². The minimum Gasteiger partial charge on any atom is -0.493 e. The highest BCUT2D eigenvalue weighted by Crippen LogP contribution is 2.56. The highest BCUT2D eigenvalue weighted by molar-refractivity contribution is 8.00. The SMILES string of the molecule is CCOC(=O)C[C@@H]1S[C@@H](c2cccc(OC)c2OC)c2cc(Cl)ccc2-c2ccccc21. The van der Waals surface area contributed by atoms with Crippen molar-refractivity contribution >= 4 is 29.3 Å². The van der Waals surface area contributed by atoms with E-state index in [0.717, 1.165) is 27.8 Å². The number of benzene rings is 3. The van der Waals surface area contributed by atoms with Gasteiger partial charge in [-0.1, -0.05) is 54.1 Å². The molecular weight excluding hydrogens is 444 g/mol. The van der Waals surface area contributed by atoms with Crippen LogP contribution in [0.1, 0.15) is 40.5 Å². The highest BCUT2D eigenvalue weighted by atomic mass is 35.5. The van der Waals surface area contributed by atoms with Gasteiger partial charge in [-0.25, -0.2) is 0 Å². The van der Waals surface area contributed by atoms with E-state index in [1.54, 1.807) is 26.0 Å². The Balaban J connectivity index is 1.93. The van der Waals surface area contributed by atoms with Crippen LogP contribution in [0.4, 0.5) is 0 Å². The van der Waals surface area contributed by atoms with Crippen molar-refractivity contribution in [1.82, 2.24) is 0 Å². The number of methoxy groups -OCH3 is 2. The number of esters is 1. The fraction of sp³-hybridized carbons (Fsp3) is 0.269. The van der Waals surface area contributed by atoms with Crippen LogP contribution in [0.3, 0.4) is 0 Å². The number of ether oxygens (including phenoxy) is 3. The molecule has 0 unspecified atom stereocenters. The standard InChI is InChI=1S/C26H25ClO4S/c1-4-31-24(28)15-23-19-9-6-5-8-17(19)18-13-12-16(27)14-21(18)26(32-23)20-10-7-11-22(29-2)25(20)30-3/h5-14,23,26H,4,15H2,1-3H3/t23-,26-/m0/s1. The lowest BCUT2D eigenvalue weighted by molar-refractivity contribution is -0.143.